The SMILES string of the molecule is O=C(Cn1c(-c2ccccn2)nc2ccccc21)N/N=C/c1cc(Br)ccc1OC(=O)/C=C/c1ccco1. The Morgan fingerprint density at radius 2 is 1.95 bits per heavy atom. The van der Waals surface area contributed by atoms with Crippen molar-refractivity contribution in [1.29, 1.82) is 0 Å². The number of fused-ring (bicyclic) bond motifs is 1. The normalized spacial score (nSPS) is 11.4. The van der Waals surface area contributed by atoms with Crippen molar-refractivity contribution in [2.75, 3.05) is 0 Å². The standard InChI is InChI=1S/C28H20BrN5O4/c29-20-10-12-25(38-27(36)13-11-21-6-5-15-37-21)19(16-20)17-31-33-26(35)18-34-24-9-2-1-7-22(24)32-28(34)23-8-3-4-14-30-23/h1-17H,18H2,(H,33,35)/b13-11+,31-17+. The van der Waals surface area contributed by atoms with E-state index in [0.717, 1.165) is 15.5 Å². The smallest absolute Gasteiger partial charge is 0.336 e. The summed E-state index contributed by atoms with van der Waals surface area (Å²) in [5.74, 6) is 0.431. The van der Waals surface area contributed by atoms with Crippen LogP contribution in [0.5, 0.6) is 5.75 Å². The van der Waals surface area contributed by atoms with E-state index in [9.17, 15) is 9.59 Å². The van der Waals surface area contributed by atoms with Gasteiger partial charge in [0.05, 0.1) is 23.5 Å². The number of nitrogens with one attached hydrogen (secondary N) is 1. The Hall–Kier alpha value is -4.83. The summed E-state index contributed by atoms with van der Waals surface area (Å²) in [7, 11) is 0. The molecule has 2 aromatic carbocycles. The number of pyridine rings is 1. The molecule has 0 fully saturated rings. The predicted molar refractivity (Wildman–Crippen MR) is 146 cm³/mol. The molecule has 0 bridgehead atoms. The van der Waals surface area contributed by atoms with E-state index >= 15 is 0 Å². The number of rotatable bonds is 8. The molecule has 0 aliphatic carbocycles. The Bertz CT molecular complexity index is 1640. The fraction of sp³-hybridized carbons (Fsp3) is 0.0357. The minimum Gasteiger partial charge on any atom is -0.465 e. The molecule has 5 rings (SSSR count). The number of nitrogens with zero attached hydrogens (tertiary/aromatic N) is 4. The average Bonchev–Trinajstić information content (AvgIpc) is 3.58. The molecule has 0 radical (unpaired) electrons. The molecule has 0 unspecified atom stereocenters. The van der Waals surface area contributed by atoms with Gasteiger partial charge in [-0.25, -0.2) is 15.2 Å². The van der Waals surface area contributed by atoms with Crippen LogP contribution in [0.4, 0.5) is 0 Å². The van der Waals surface area contributed by atoms with Gasteiger partial charge in [-0.3, -0.25) is 9.78 Å². The van der Waals surface area contributed by atoms with Crippen LogP contribution in [0.3, 0.4) is 0 Å². The number of hydrazone groups is 1. The summed E-state index contributed by atoms with van der Waals surface area (Å²) in [4.78, 5) is 34.2. The van der Waals surface area contributed by atoms with Crippen LogP contribution in [-0.2, 0) is 16.1 Å². The summed E-state index contributed by atoms with van der Waals surface area (Å²) >= 11 is 3.40. The zero-order valence-electron chi connectivity index (χ0n) is 19.8. The van der Waals surface area contributed by atoms with Crippen LogP contribution in [0.1, 0.15) is 11.3 Å². The highest BCUT2D eigenvalue weighted by atomic mass is 79.9. The molecule has 5 aromatic rings. The maximum atomic E-state index is 12.8. The molecular formula is C28H20BrN5O4. The fourth-order valence-corrected chi connectivity index (χ4v) is 4.05. The lowest BCUT2D eigenvalue weighted by Crippen LogP contribution is -2.23. The van der Waals surface area contributed by atoms with Gasteiger partial charge in [-0.2, -0.15) is 5.10 Å². The number of ether oxygens (including phenoxy) is 1. The van der Waals surface area contributed by atoms with Crippen molar-refractivity contribution >= 4 is 51.1 Å². The molecule has 0 aliphatic rings. The van der Waals surface area contributed by atoms with E-state index in [1.54, 1.807) is 41.1 Å². The lowest BCUT2D eigenvalue weighted by molar-refractivity contribution is -0.129. The second-order valence-corrected chi connectivity index (χ2v) is 8.89. The molecular weight excluding hydrogens is 550 g/mol. The van der Waals surface area contributed by atoms with Crippen LogP contribution in [0.15, 0.2) is 105 Å². The molecule has 3 heterocycles. The van der Waals surface area contributed by atoms with E-state index < -0.39 is 5.97 Å². The van der Waals surface area contributed by atoms with Crippen molar-refractivity contribution in [2.24, 2.45) is 5.10 Å². The summed E-state index contributed by atoms with van der Waals surface area (Å²) in [5, 5.41) is 4.08. The molecule has 38 heavy (non-hydrogen) atoms. The first-order valence-corrected chi connectivity index (χ1v) is 12.3. The topological polar surface area (TPSA) is 112 Å². The lowest BCUT2D eigenvalue weighted by atomic mass is 10.2. The highest BCUT2D eigenvalue weighted by molar-refractivity contribution is 9.10. The number of carbonyl (C=O) groups is 2. The molecule has 188 valence electrons. The molecule has 0 aliphatic heterocycles. The predicted octanol–water partition coefficient (Wildman–Crippen LogP) is 5.22. The van der Waals surface area contributed by atoms with Crippen LogP contribution in [0.2, 0.25) is 0 Å². The highest BCUT2D eigenvalue weighted by Gasteiger charge is 2.16. The maximum Gasteiger partial charge on any atom is 0.336 e. The minimum atomic E-state index is -0.587. The first kappa shape index (κ1) is 24.8. The summed E-state index contributed by atoms with van der Waals surface area (Å²) in [5.41, 5.74) is 5.24. The lowest BCUT2D eigenvalue weighted by Gasteiger charge is -2.08. The van der Waals surface area contributed by atoms with E-state index in [0.29, 0.717) is 22.8 Å². The number of hydrogen-bond donors (Lipinski definition) is 1. The molecule has 0 atom stereocenters. The Balaban J connectivity index is 1.30. The first-order chi connectivity index (χ1) is 18.6. The van der Waals surface area contributed by atoms with Crippen LogP contribution in [0.25, 0.3) is 28.6 Å². The van der Waals surface area contributed by atoms with E-state index in [1.807, 2.05) is 42.5 Å². The third-order valence-corrected chi connectivity index (χ3v) is 5.85. The molecule has 0 saturated heterocycles. The zero-order chi connectivity index (χ0) is 26.3. The van der Waals surface area contributed by atoms with Gasteiger partial charge in [-0.1, -0.05) is 34.1 Å². The van der Waals surface area contributed by atoms with Crippen molar-refractivity contribution in [3.8, 4) is 17.3 Å². The molecule has 3 aromatic heterocycles. The number of para-hydroxylation sites is 2. The minimum absolute atomic E-state index is 0.0261. The summed E-state index contributed by atoms with van der Waals surface area (Å²) in [6.07, 6.45) is 7.37. The van der Waals surface area contributed by atoms with E-state index in [-0.39, 0.29) is 18.2 Å². The largest absolute Gasteiger partial charge is 0.465 e. The van der Waals surface area contributed by atoms with Gasteiger partial charge >= 0.3 is 5.97 Å². The summed E-state index contributed by atoms with van der Waals surface area (Å²) in [6, 6.07) is 21.6. The van der Waals surface area contributed by atoms with Crippen LogP contribution < -0.4 is 10.2 Å². The van der Waals surface area contributed by atoms with Crippen LogP contribution >= 0.6 is 15.9 Å². The Labute approximate surface area is 225 Å². The third-order valence-electron chi connectivity index (χ3n) is 5.35. The van der Waals surface area contributed by atoms with Crippen molar-refractivity contribution in [1.82, 2.24) is 20.0 Å². The van der Waals surface area contributed by atoms with E-state index in [2.05, 4.69) is 36.4 Å². The number of hydrogen-bond acceptors (Lipinski definition) is 7. The molecule has 0 spiro atoms. The number of aromatic nitrogens is 3. The molecule has 9 nitrogen and oxygen atoms in total. The van der Waals surface area contributed by atoms with Gasteiger partial charge in [0.15, 0.2) is 5.82 Å². The van der Waals surface area contributed by atoms with Gasteiger partial charge < -0.3 is 13.7 Å². The number of imidazole rings is 1. The van der Waals surface area contributed by atoms with Gasteiger partial charge in [0.25, 0.3) is 5.91 Å². The summed E-state index contributed by atoms with van der Waals surface area (Å²) < 4.78 is 13.2. The first-order valence-electron chi connectivity index (χ1n) is 11.5. The monoisotopic (exact) mass is 569 g/mol. The number of carbonyl (C=O) groups excluding carboxylic acids is 2. The third kappa shape index (κ3) is 5.93. The van der Waals surface area contributed by atoms with Gasteiger partial charge in [0.2, 0.25) is 0 Å². The maximum absolute atomic E-state index is 12.8. The molecule has 0 saturated carbocycles. The number of furan rings is 1. The number of halogens is 1. The molecule has 10 heteroatoms. The Kier molecular flexibility index (Phi) is 7.51. The van der Waals surface area contributed by atoms with E-state index in [1.165, 1.54) is 24.6 Å². The number of benzene rings is 2. The second kappa shape index (κ2) is 11.5. The number of esters is 1. The van der Waals surface area contributed by atoms with Gasteiger partial charge in [-0.05, 0) is 60.7 Å². The summed E-state index contributed by atoms with van der Waals surface area (Å²) in [6.45, 7) is -0.0261. The second-order valence-electron chi connectivity index (χ2n) is 7.97. The van der Waals surface area contributed by atoms with E-state index in [4.69, 9.17) is 9.15 Å². The molecule has 1 N–H and O–H groups in total. The van der Waals surface area contributed by atoms with Gasteiger partial charge in [-0.15, -0.1) is 0 Å². The van der Waals surface area contributed by atoms with Crippen molar-refractivity contribution in [3.05, 3.63) is 107 Å². The van der Waals surface area contributed by atoms with Gasteiger partial charge in [0.1, 0.15) is 23.7 Å². The fourth-order valence-electron chi connectivity index (χ4n) is 3.67. The van der Waals surface area contributed by atoms with Crippen molar-refractivity contribution in [2.45, 2.75) is 6.54 Å². The van der Waals surface area contributed by atoms with Crippen molar-refractivity contribution < 1.29 is 18.7 Å². The van der Waals surface area contributed by atoms with Gasteiger partial charge in [0, 0.05) is 22.3 Å². The number of amides is 1. The van der Waals surface area contributed by atoms with Crippen molar-refractivity contribution in [3.63, 3.8) is 0 Å². The Morgan fingerprint density at radius 3 is 2.76 bits per heavy atom. The van der Waals surface area contributed by atoms with Crippen LogP contribution in [0, 0.1) is 0 Å². The Morgan fingerprint density at radius 1 is 1.08 bits per heavy atom. The quantitative estimate of drug-likeness (QED) is 0.0900. The zero-order valence-corrected chi connectivity index (χ0v) is 21.4. The average molecular weight is 570 g/mol. The van der Waals surface area contributed by atoms with Crippen LogP contribution in [-0.4, -0.2) is 32.6 Å². The molecule has 1 amide bonds. The highest BCUT2D eigenvalue weighted by Crippen LogP contribution is 2.24.